The van der Waals surface area contributed by atoms with Crippen molar-refractivity contribution >= 4 is 32.8 Å². The molecular weight excluding hydrogens is 420 g/mol. The maximum absolute atomic E-state index is 12.7. The Balaban J connectivity index is 1.59. The Hall–Kier alpha value is -2.88. The quantitative estimate of drug-likeness (QED) is 0.664. The number of urea groups is 1. The van der Waals surface area contributed by atoms with E-state index in [4.69, 9.17) is 0 Å². The maximum atomic E-state index is 12.7. The number of piperidine rings is 1. The second-order valence-corrected chi connectivity index (χ2v) is 9.24. The van der Waals surface area contributed by atoms with Gasteiger partial charge in [0.15, 0.2) is 0 Å². The van der Waals surface area contributed by atoms with Crippen LogP contribution >= 0.6 is 0 Å². The monoisotopic (exact) mass is 448 g/mol. The zero-order valence-electron chi connectivity index (χ0n) is 18.0. The summed E-state index contributed by atoms with van der Waals surface area (Å²) in [5.41, 5.74) is 2.35. The molecule has 9 nitrogen and oxygen atoms in total. The van der Waals surface area contributed by atoms with Crippen LogP contribution in [0.2, 0.25) is 0 Å². The van der Waals surface area contributed by atoms with Crippen molar-refractivity contribution in [3.63, 3.8) is 0 Å². The smallest absolute Gasteiger partial charge is 0.315 e. The normalized spacial score (nSPS) is 18.5. The van der Waals surface area contributed by atoms with Crippen LogP contribution in [-0.2, 0) is 19.6 Å². The molecule has 0 radical (unpaired) electrons. The molecule has 2 heterocycles. The number of hydrogen-bond donors (Lipinski definition) is 2. The van der Waals surface area contributed by atoms with Crippen molar-refractivity contribution in [1.82, 2.24) is 15.5 Å². The predicted octanol–water partition coefficient (Wildman–Crippen LogP) is 1.79. The number of likely N-dealkylation sites (tertiary alicyclic amines) is 1. The van der Waals surface area contributed by atoms with Crippen molar-refractivity contribution < 1.29 is 22.7 Å². The van der Waals surface area contributed by atoms with Crippen LogP contribution in [0, 0.1) is 6.92 Å². The van der Waals surface area contributed by atoms with E-state index in [2.05, 4.69) is 19.8 Å². The van der Waals surface area contributed by atoms with Crippen molar-refractivity contribution in [2.75, 3.05) is 26.7 Å². The summed E-state index contributed by atoms with van der Waals surface area (Å²) in [6.45, 7) is 5.11. The molecule has 1 aromatic rings. The highest BCUT2D eigenvalue weighted by Crippen LogP contribution is 2.34. The van der Waals surface area contributed by atoms with Gasteiger partial charge in [-0.3, -0.25) is 4.79 Å². The summed E-state index contributed by atoms with van der Waals surface area (Å²) in [6, 6.07) is 7.01. The van der Waals surface area contributed by atoms with Gasteiger partial charge in [-0.1, -0.05) is 29.8 Å². The van der Waals surface area contributed by atoms with E-state index in [-0.39, 0.29) is 35.9 Å². The molecule has 2 N–H and O–H groups in total. The number of hydrogen-bond acceptors (Lipinski definition) is 6. The highest BCUT2D eigenvalue weighted by atomic mass is 32.2. The van der Waals surface area contributed by atoms with Gasteiger partial charge in [-0.25, -0.2) is 4.79 Å². The first kappa shape index (κ1) is 22.8. The number of aryl methyl sites for hydroxylation is 1. The second-order valence-electron chi connectivity index (χ2n) is 7.70. The first-order chi connectivity index (χ1) is 14.7. The molecule has 168 valence electrons. The summed E-state index contributed by atoms with van der Waals surface area (Å²) < 4.78 is 34.0. The van der Waals surface area contributed by atoms with Gasteiger partial charge in [0.05, 0.1) is 13.5 Å². The van der Waals surface area contributed by atoms with Gasteiger partial charge in [0, 0.05) is 31.2 Å². The number of rotatable bonds is 5. The molecule has 0 spiro atoms. The molecule has 0 aromatic heterocycles. The summed E-state index contributed by atoms with van der Waals surface area (Å²) in [5, 5.41) is 5.52. The van der Waals surface area contributed by atoms with E-state index in [1.54, 1.807) is 19.1 Å². The van der Waals surface area contributed by atoms with Crippen LogP contribution in [0.4, 0.5) is 4.79 Å². The van der Waals surface area contributed by atoms with Gasteiger partial charge in [0.2, 0.25) is 0 Å². The number of amides is 2. The summed E-state index contributed by atoms with van der Waals surface area (Å²) >= 11 is 0. The van der Waals surface area contributed by atoms with Gasteiger partial charge >= 0.3 is 12.0 Å². The van der Waals surface area contributed by atoms with Crippen LogP contribution in [-0.4, -0.2) is 63.9 Å². The van der Waals surface area contributed by atoms with Crippen LogP contribution in [0.15, 0.2) is 34.2 Å². The molecule has 1 fully saturated rings. The highest BCUT2D eigenvalue weighted by molar-refractivity contribution is 8.00. The molecule has 31 heavy (non-hydrogen) atoms. The Morgan fingerprint density at radius 2 is 1.81 bits per heavy atom. The molecule has 10 heteroatoms. The lowest BCUT2D eigenvalue weighted by atomic mass is 10.0. The largest absolute Gasteiger partial charge is 0.469 e. The maximum Gasteiger partial charge on any atom is 0.315 e. The molecule has 3 rings (SSSR count). The first-order valence-corrected chi connectivity index (χ1v) is 11.6. The van der Waals surface area contributed by atoms with Crippen LogP contribution in [0.25, 0.3) is 4.91 Å². The molecule has 0 unspecified atom stereocenters. The van der Waals surface area contributed by atoms with Crippen LogP contribution in [0.1, 0.15) is 37.3 Å². The molecule has 0 aliphatic carbocycles. The molecular formula is C21H28N4O5S. The summed E-state index contributed by atoms with van der Waals surface area (Å²) in [5.74, 6) is 0.103. The van der Waals surface area contributed by atoms with E-state index < -0.39 is 10.0 Å². The van der Waals surface area contributed by atoms with Gasteiger partial charge < -0.3 is 20.3 Å². The molecule has 0 bridgehead atoms. The fourth-order valence-corrected chi connectivity index (χ4v) is 5.22. The van der Waals surface area contributed by atoms with Crippen molar-refractivity contribution in [3.8, 4) is 0 Å². The third kappa shape index (κ3) is 5.43. The standard InChI is InChI=1S/C21H28N4O5S/c1-14-4-6-16(7-5-14)19-15(2)20(24-31(19,28)29)25-12-9-17(10-13-25)23-21(27)22-11-8-18(26)30-3/h4-7,17H,8-13H2,1-3H3,(H2,22,23,27). The predicted molar refractivity (Wildman–Crippen MR) is 118 cm³/mol. The molecule has 0 saturated carbocycles. The van der Waals surface area contributed by atoms with Gasteiger partial charge in [0.1, 0.15) is 10.7 Å². The number of amidine groups is 1. The summed E-state index contributed by atoms with van der Waals surface area (Å²) in [6.07, 6.45) is 1.44. The first-order valence-electron chi connectivity index (χ1n) is 10.2. The van der Waals surface area contributed by atoms with Crippen molar-refractivity contribution in [3.05, 3.63) is 41.0 Å². The summed E-state index contributed by atoms with van der Waals surface area (Å²) in [4.78, 5) is 25.3. The van der Waals surface area contributed by atoms with Crippen LogP contribution in [0.5, 0.6) is 0 Å². The number of nitrogens with zero attached hydrogens (tertiary/aromatic N) is 2. The SMILES string of the molecule is COC(=O)CCNC(=O)NC1CCN(C2=NS(=O)(=O)C(c3ccc(C)cc3)=C2C)CC1. The van der Waals surface area contributed by atoms with Gasteiger partial charge in [-0.15, -0.1) is 4.40 Å². The number of nitrogens with one attached hydrogen (secondary N) is 2. The van der Waals surface area contributed by atoms with Crippen molar-refractivity contribution in [2.45, 2.75) is 39.2 Å². The zero-order valence-corrected chi connectivity index (χ0v) is 18.8. The Morgan fingerprint density at radius 3 is 2.42 bits per heavy atom. The summed E-state index contributed by atoms with van der Waals surface area (Å²) in [7, 11) is -2.44. The van der Waals surface area contributed by atoms with Gasteiger partial charge in [-0.2, -0.15) is 8.42 Å². The minimum atomic E-state index is -3.74. The molecule has 2 aliphatic rings. The van der Waals surface area contributed by atoms with Gasteiger partial charge in [0.25, 0.3) is 10.0 Å². The minimum Gasteiger partial charge on any atom is -0.469 e. The molecule has 1 aromatic carbocycles. The number of sulfonamides is 1. The Labute approximate surface area is 182 Å². The lowest BCUT2D eigenvalue weighted by Gasteiger charge is -2.33. The number of esters is 1. The number of benzene rings is 1. The lowest BCUT2D eigenvalue weighted by Crippen LogP contribution is -2.49. The lowest BCUT2D eigenvalue weighted by molar-refractivity contribution is -0.140. The number of carbonyl (C=O) groups excluding carboxylic acids is 2. The van der Waals surface area contributed by atoms with Crippen LogP contribution < -0.4 is 10.6 Å². The molecule has 1 saturated heterocycles. The molecule has 0 atom stereocenters. The van der Waals surface area contributed by atoms with Crippen molar-refractivity contribution in [1.29, 1.82) is 0 Å². The third-order valence-electron chi connectivity index (χ3n) is 5.43. The van der Waals surface area contributed by atoms with Crippen molar-refractivity contribution in [2.24, 2.45) is 4.40 Å². The average molecular weight is 449 g/mol. The van der Waals surface area contributed by atoms with E-state index in [9.17, 15) is 18.0 Å². The Kier molecular flexibility index (Phi) is 6.99. The Morgan fingerprint density at radius 1 is 1.16 bits per heavy atom. The minimum absolute atomic E-state index is 0.0335. The van der Waals surface area contributed by atoms with Crippen LogP contribution in [0.3, 0.4) is 0 Å². The van der Waals surface area contributed by atoms with E-state index in [1.807, 2.05) is 24.0 Å². The molecule has 2 amide bonds. The van der Waals surface area contributed by atoms with E-state index in [1.165, 1.54) is 7.11 Å². The average Bonchev–Trinajstić information content (AvgIpc) is 2.98. The fourth-order valence-electron chi connectivity index (χ4n) is 3.74. The number of methoxy groups -OCH3 is 1. The van der Waals surface area contributed by atoms with E-state index in [0.29, 0.717) is 42.9 Å². The number of carbonyl (C=O) groups is 2. The third-order valence-corrected chi connectivity index (χ3v) is 6.90. The topological polar surface area (TPSA) is 117 Å². The van der Waals surface area contributed by atoms with Gasteiger partial charge in [-0.05, 0) is 32.3 Å². The van der Waals surface area contributed by atoms with E-state index in [0.717, 1.165) is 5.56 Å². The highest BCUT2D eigenvalue weighted by Gasteiger charge is 2.34. The fraction of sp³-hybridized carbons (Fsp3) is 0.476. The number of ether oxygens (including phenoxy) is 1. The second kappa shape index (κ2) is 9.51. The molecule has 2 aliphatic heterocycles. The zero-order chi connectivity index (χ0) is 22.6. The Bertz CT molecular complexity index is 1010. The van der Waals surface area contributed by atoms with E-state index >= 15 is 0 Å².